The third-order valence-electron chi connectivity index (χ3n) is 3.68. The lowest BCUT2D eigenvalue weighted by Crippen LogP contribution is -2.42. The van der Waals surface area contributed by atoms with Crippen molar-refractivity contribution in [1.29, 1.82) is 0 Å². The molecule has 1 aromatic carbocycles. The van der Waals surface area contributed by atoms with Crippen LogP contribution in [-0.2, 0) is 4.79 Å². The third kappa shape index (κ3) is 11.2. The maximum atomic E-state index is 12.0. The molecular weight excluding hydrogens is 443 g/mol. The number of anilines is 1. The molecule has 6 nitrogen and oxygen atoms in total. The number of carbonyl (C=O) groups excluding carboxylic acids is 1. The Bertz CT molecular complexity index is 547. The molecule has 148 valence electrons. The number of aliphatic imine (C=N–C) groups is 1. The molecular formula is C19H33IN4O2. The van der Waals surface area contributed by atoms with Crippen molar-refractivity contribution >= 4 is 41.5 Å². The SMILES string of the molecule is CCNC(=NCC(=O)Nc1ccc(O)cc1)NC(C)CCCC(C)C.I. The van der Waals surface area contributed by atoms with E-state index in [1.165, 1.54) is 25.0 Å². The van der Waals surface area contributed by atoms with Gasteiger partial charge in [0.1, 0.15) is 12.3 Å². The van der Waals surface area contributed by atoms with Crippen molar-refractivity contribution in [2.45, 2.75) is 53.0 Å². The quantitative estimate of drug-likeness (QED) is 0.190. The molecule has 1 amide bonds. The van der Waals surface area contributed by atoms with E-state index < -0.39 is 0 Å². The summed E-state index contributed by atoms with van der Waals surface area (Å²) in [6, 6.07) is 6.66. The maximum Gasteiger partial charge on any atom is 0.246 e. The number of halogens is 1. The smallest absolute Gasteiger partial charge is 0.246 e. The van der Waals surface area contributed by atoms with E-state index in [-0.39, 0.29) is 42.2 Å². The van der Waals surface area contributed by atoms with Crippen molar-refractivity contribution in [1.82, 2.24) is 10.6 Å². The van der Waals surface area contributed by atoms with Crippen LogP contribution in [0.4, 0.5) is 5.69 Å². The normalized spacial score (nSPS) is 12.3. The fraction of sp³-hybridized carbons (Fsp3) is 0.579. The summed E-state index contributed by atoms with van der Waals surface area (Å²) in [6.45, 7) is 9.37. The lowest BCUT2D eigenvalue weighted by molar-refractivity contribution is -0.114. The van der Waals surface area contributed by atoms with E-state index in [2.05, 4.69) is 41.7 Å². The van der Waals surface area contributed by atoms with Crippen LogP contribution in [-0.4, -0.2) is 36.1 Å². The van der Waals surface area contributed by atoms with Gasteiger partial charge in [-0.15, -0.1) is 24.0 Å². The maximum absolute atomic E-state index is 12.0. The highest BCUT2D eigenvalue weighted by molar-refractivity contribution is 14.0. The number of nitrogens with zero attached hydrogens (tertiary/aromatic N) is 1. The second kappa shape index (κ2) is 13.7. The van der Waals surface area contributed by atoms with Gasteiger partial charge in [-0.3, -0.25) is 4.79 Å². The molecule has 0 aliphatic rings. The van der Waals surface area contributed by atoms with Gasteiger partial charge in [-0.1, -0.05) is 26.7 Å². The van der Waals surface area contributed by atoms with Crippen LogP contribution in [0.25, 0.3) is 0 Å². The van der Waals surface area contributed by atoms with Crippen LogP contribution in [0, 0.1) is 5.92 Å². The summed E-state index contributed by atoms with van der Waals surface area (Å²) < 4.78 is 0. The molecule has 0 spiro atoms. The molecule has 0 aliphatic heterocycles. The summed E-state index contributed by atoms with van der Waals surface area (Å²) in [5, 5.41) is 18.5. The highest BCUT2D eigenvalue weighted by Gasteiger charge is 2.07. The van der Waals surface area contributed by atoms with Gasteiger partial charge in [0, 0.05) is 18.3 Å². The van der Waals surface area contributed by atoms with Gasteiger partial charge in [0.2, 0.25) is 5.91 Å². The molecule has 1 rings (SSSR count). The Morgan fingerprint density at radius 3 is 2.38 bits per heavy atom. The second-order valence-electron chi connectivity index (χ2n) is 6.66. The lowest BCUT2D eigenvalue weighted by Gasteiger charge is -2.18. The van der Waals surface area contributed by atoms with Gasteiger partial charge in [0.15, 0.2) is 5.96 Å². The number of nitrogens with one attached hydrogen (secondary N) is 3. The minimum Gasteiger partial charge on any atom is -0.508 e. The van der Waals surface area contributed by atoms with E-state index in [9.17, 15) is 9.90 Å². The van der Waals surface area contributed by atoms with Crippen molar-refractivity contribution in [3.63, 3.8) is 0 Å². The molecule has 7 heteroatoms. The highest BCUT2D eigenvalue weighted by Crippen LogP contribution is 2.13. The number of phenols is 1. The van der Waals surface area contributed by atoms with Gasteiger partial charge in [-0.2, -0.15) is 0 Å². The molecule has 0 saturated carbocycles. The summed E-state index contributed by atoms with van der Waals surface area (Å²) in [5.74, 6) is 1.34. The molecule has 1 aromatic rings. The van der Waals surface area contributed by atoms with Gasteiger partial charge in [0.05, 0.1) is 0 Å². The number of guanidine groups is 1. The van der Waals surface area contributed by atoms with Gasteiger partial charge < -0.3 is 21.1 Å². The van der Waals surface area contributed by atoms with Crippen molar-refractivity contribution in [2.75, 3.05) is 18.4 Å². The van der Waals surface area contributed by atoms with E-state index in [0.29, 0.717) is 17.7 Å². The van der Waals surface area contributed by atoms with Crippen LogP contribution in [0.3, 0.4) is 0 Å². The van der Waals surface area contributed by atoms with E-state index in [1.54, 1.807) is 12.1 Å². The van der Waals surface area contributed by atoms with Crippen LogP contribution < -0.4 is 16.0 Å². The van der Waals surface area contributed by atoms with E-state index in [1.807, 2.05) is 6.92 Å². The first-order valence-corrected chi connectivity index (χ1v) is 9.04. The van der Waals surface area contributed by atoms with Crippen molar-refractivity contribution in [2.24, 2.45) is 10.9 Å². The van der Waals surface area contributed by atoms with Gasteiger partial charge >= 0.3 is 0 Å². The highest BCUT2D eigenvalue weighted by atomic mass is 127. The van der Waals surface area contributed by atoms with Crippen LogP contribution in [0.15, 0.2) is 29.3 Å². The number of amides is 1. The predicted octanol–water partition coefficient (Wildman–Crippen LogP) is 3.72. The zero-order valence-corrected chi connectivity index (χ0v) is 18.5. The lowest BCUT2D eigenvalue weighted by atomic mass is 10.0. The molecule has 1 atom stereocenters. The summed E-state index contributed by atoms with van der Waals surface area (Å²) in [7, 11) is 0. The Labute approximate surface area is 174 Å². The number of benzene rings is 1. The van der Waals surface area contributed by atoms with Crippen molar-refractivity contribution < 1.29 is 9.90 Å². The number of hydrogen-bond acceptors (Lipinski definition) is 3. The second-order valence-corrected chi connectivity index (χ2v) is 6.66. The number of phenolic OH excluding ortho intramolecular Hbond substituents is 1. The Morgan fingerprint density at radius 1 is 1.15 bits per heavy atom. The zero-order valence-electron chi connectivity index (χ0n) is 16.2. The molecule has 0 aromatic heterocycles. The number of hydrogen-bond donors (Lipinski definition) is 4. The summed E-state index contributed by atoms with van der Waals surface area (Å²) in [4.78, 5) is 16.3. The first-order valence-electron chi connectivity index (χ1n) is 9.04. The van der Waals surface area contributed by atoms with Crippen molar-refractivity contribution in [3.05, 3.63) is 24.3 Å². The van der Waals surface area contributed by atoms with Crippen LogP contribution in [0.2, 0.25) is 0 Å². The summed E-state index contributed by atoms with van der Waals surface area (Å²) in [6.07, 6.45) is 3.46. The molecule has 0 radical (unpaired) electrons. The minimum atomic E-state index is -0.199. The predicted molar refractivity (Wildman–Crippen MR) is 119 cm³/mol. The van der Waals surface area contributed by atoms with Crippen LogP contribution in [0.5, 0.6) is 5.75 Å². The molecule has 0 heterocycles. The average molecular weight is 476 g/mol. The van der Waals surface area contributed by atoms with E-state index >= 15 is 0 Å². The number of aromatic hydroxyl groups is 1. The Morgan fingerprint density at radius 2 is 1.81 bits per heavy atom. The average Bonchev–Trinajstić information content (AvgIpc) is 2.54. The van der Waals surface area contributed by atoms with Crippen LogP contribution in [0.1, 0.15) is 47.0 Å². The van der Waals surface area contributed by atoms with Gasteiger partial charge in [0.25, 0.3) is 0 Å². The molecule has 0 bridgehead atoms. The fourth-order valence-electron chi connectivity index (χ4n) is 2.35. The third-order valence-corrected chi connectivity index (χ3v) is 3.68. The Kier molecular flexibility index (Phi) is 12.9. The van der Waals surface area contributed by atoms with Crippen LogP contribution >= 0.6 is 24.0 Å². The topological polar surface area (TPSA) is 85.8 Å². The van der Waals surface area contributed by atoms with Gasteiger partial charge in [-0.25, -0.2) is 4.99 Å². The molecule has 0 aliphatic carbocycles. The monoisotopic (exact) mass is 476 g/mol. The Hall–Kier alpha value is -1.51. The van der Waals surface area contributed by atoms with E-state index in [0.717, 1.165) is 18.9 Å². The van der Waals surface area contributed by atoms with Gasteiger partial charge in [-0.05, 0) is 50.5 Å². The first kappa shape index (κ1) is 24.5. The summed E-state index contributed by atoms with van der Waals surface area (Å²) in [5.41, 5.74) is 0.637. The fourth-order valence-corrected chi connectivity index (χ4v) is 2.35. The first-order chi connectivity index (χ1) is 11.9. The van der Waals surface area contributed by atoms with Crippen molar-refractivity contribution in [3.8, 4) is 5.75 Å². The zero-order chi connectivity index (χ0) is 18.7. The largest absolute Gasteiger partial charge is 0.508 e. The van der Waals surface area contributed by atoms with E-state index in [4.69, 9.17) is 0 Å². The minimum absolute atomic E-state index is 0. The number of rotatable bonds is 9. The summed E-state index contributed by atoms with van der Waals surface area (Å²) >= 11 is 0. The molecule has 26 heavy (non-hydrogen) atoms. The standard InChI is InChI=1S/C19H32N4O2.HI/c1-5-20-19(22-15(4)8-6-7-14(2)3)21-13-18(25)23-16-9-11-17(24)12-10-16;/h9-12,14-15,24H,5-8,13H2,1-4H3,(H,23,25)(H2,20,21,22);1H. The molecule has 0 fully saturated rings. The molecule has 1 unspecified atom stereocenters. The molecule has 0 saturated heterocycles. The Balaban J connectivity index is 0.00000625. The molecule has 4 N–H and O–H groups in total. The number of carbonyl (C=O) groups is 1.